The molecule has 1 aromatic carbocycles. The van der Waals surface area contributed by atoms with E-state index in [1.54, 1.807) is 6.07 Å². The normalized spacial score (nSPS) is 10.8. The molecule has 0 unspecified atom stereocenters. The van der Waals surface area contributed by atoms with Crippen LogP contribution < -0.4 is 15.9 Å². The van der Waals surface area contributed by atoms with E-state index in [9.17, 15) is 9.90 Å². The summed E-state index contributed by atoms with van der Waals surface area (Å²) >= 11 is 3.27. The van der Waals surface area contributed by atoms with Crippen molar-refractivity contribution in [2.45, 2.75) is 6.54 Å². The first-order valence-electron chi connectivity index (χ1n) is 5.91. The zero-order chi connectivity index (χ0) is 16.1. The van der Waals surface area contributed by atoms with Crippen LogP contribution in [0.3, 0.4) is 0 Å². The lowest BCUT2D eigenvalue weighted by molar-refractivity contribution is -0.121. The smallest absolute Gasteiger partial charge is 0.261 e. The lowest BCUT2D eigenvalue weighted by atomic mass is 10.2. The van der Waals surface area contributed by atoms with E-state index < -0.39 is 5.91 Å². The number of benzene rings is 1. The summed E-state index contributed by atoms with van der Waals surface area (Å²) in [7, 11) is 1.43. The highest BCUT2D eigenvalue weighted by Gasteiger charge is 2.08. The van der Waals surface area contributed by atoms with Crippen molar-refractivity contribution in [2.75, 3.05) is 12.8 Å². The maximum atomic E-state index is 11.6. The predicted octanol–water partition coefficient (Wildman–Crippen LogP) is -0.118. The minimum atomic E-state index is -0.447. The van der Waals surface area contributed by atoms with Crippen LogP contribution in [0.4, 0.5) is 5.95 Å². The van der Waals surface area contributed by atoms with Crippen LogP contribution in [0.15, 0.2) is 21.7 Å². The van der Waals surface area contributed by atoms with Gasteiger partial charge in [-0.1, -0.05) is 5.10 Å². The molecule has 4 N–H and O–H groups in total. The summed E-state index contributed by atoms with van der Waals surface area (Å²) in [5.41, 5.74) is 8.36. The van der Waals surface area contributed by atoms with Crippen LogP contribution in [0.1, 0.15) is 5.56 Å². The van der Waals surface area contributed by atoms with Gasteiger partial charge in [0.1, 0.15) is 6.54 Å². The summed E-state index contributed by atoms with van der Waals surface area (Å²) in [5.74, 6) is -0.135. The molecule has 0 aliphatic heterocycles. The number of ether oxygens (including phenoxy) is 1. The van der Waals surface area contributed by atoms with Crippen LogP contribution in [-0.4, -0.2) is 44.5 Å². The van der Waals surface area contributed by atoms with Crippen molar-refractivity contribution in [2.24, 2.45) is 5.10 Å². The molecule has 0 aliphatic rings. The molecule has 1 aromatic heterocycles. The number of carbonyl (C=O) groups is 1. The SMILES string of the molecule is COc1cc(/C=N/NC(=O)Cn2nnnc2N)c(Br)cc1O. The molecule has 11 heteroatoms. The molecule has 0 atom stereocenters. The number of tetrazole rings is 1. The first-order chi connectivity index (χ1) is 10.5. The molecule has 0 saturated carbocycles. The second kappa shape index (κ2) is 6.85. The van der Waals surface area contributed by atoms with Crippen LogP contribution in [0.25, 0.3) is 0 Å². The van der Waals surface area contributed by atoms with Gasteiger partial charge in [-0.2, -0.15) is 5.10 Å². The summed E-state index contributed by atoms with van der Waals surface area (Å²) < 4.78 is 6.71. The maximum Gasteiger partial charge on any atom is 0.261 e. The molecule has 116 valence electrons. The number of phenols is 1. The van der Waals surface area contributed by atoms with Crippen LogP contribution in [-0.2, 0) is 11.3 Å². The predicted molar refractivity (Wildman–Crippen MR) is 80.3 cm³/mol. The van der Waals surface area contributed by atoms with Gasteiger partial charge in [0, 0.05) is 10.0 Å². The minimum Gasteiger partial charge on any atom is -0.504 e. The lowest BCUT2D eigenvalue weighted by Gasteiger charge is -2.06. The number of anilines is 1. The van der Waals surface area contributed by atoms with E-state index in [2.05, 4.69) is 42.0 Å². The zero-order valence-electron chi connectivity index (χ0n) is 11.4. The number of nitrogens with zero attached hydrogens (tertiary/aromatic N) is 5. The van der Waals surface area contributed by atoms with E-state index in [0.29, 0.717) is 10.0 Å². The molecule has 1 heterocycles. The molecule has 10 nitrogen and oxygen atoms in total. The Bertz CT molecular complexity index is 716. The van der Waals surface area contributed by atoms with Gasteiger partial charge >= 0.3 is 0 Å². The van der Waals surface area contributed by atoms with Crippen molar-refractivity contribution in [3.63, 3.8) is 0 Å². The fraction of sp³-hybridized carbons (Fsp3) is 0.182. The fourth-order valence-corrected chi connectivity index (χ4v) is 1.92. The average molecular weight is 370 g/mol. The Morgan fingerprint density at radius 2 is 2.41 bits per heavy atom. The number of aromatic hydroxyl groups is 1. The number of phenolic OH excluding ortho intramolecular Hbond substituents is 1. The topological polar surface area (TPSA) is 141 Å². The van der Waals surface area contributed by atoms with E-state index in [0.717, 1.165) is 4.68 Å². The largest absolute Gasteiger partial charge is 0.504 e. The molecule has 0 saturated heterocycles. The zero-order valence-corrected chi connectivity index (χ0v) is 13.0. The van der Waals surface area contributed by atoms with Gasteiger partial charge in [0.05, 0.1) is 13.3 Å². The first kappa shape index (κ1) is 15.7. The number of rotatable bonds is 5. The molecular formula is C11H12BrN7O3. The van der Waals surface area contributed by atoms with E-state index in [1.807, 2.05) is 0 Å². The van der Waals surface area contributed by atoms with Crippen molar-refractivity contribution in [3.8, 4) is 11.5 Å². The van der Waals surface area contributed by atoms with Crippen molar-refractivity contribution >= 4 is 34.0 Å². The third kappa shape index (κ3) is 3.69. The maximum absolute atomic E-state index is 11.6. The van der Waals surface area contributed by atoms with Gasteiger partial charge in [-0.05, 0) is 38.5 Å². The summed E-state index contributed by atoms with van der Waals surface area (Å²) in [4.78, 5) is 11.6. The lowest BCUT2D eigenvalue weighted by Crippen LogP contribution is -2.24. The van der Waals surface area contributed by atoms with Crippen LogP contribution >= 0.6 is 15.9 Å². The molecule has 2 aromatic rings. The molecule has 0 aliphatic carbocycles. The molecule has 0 bridgehead atoms. The molecule has 1 amide bonds. The van der Waals surface area contributed by atoms with E-state index in [-0.39, 0.29) is 24.0 Å². The third-order valence-electron chi connectivity index (χ3n) is 2.54. The fourth-order valence-electron chi connectivity index (χ4n) is 1.49. The highest BCUT2D eigenvalue weighted by molar-refractivity contribution is 9.10. The van der Waals surface area contributed by atoms with Crippen LogP contribution in [0.5, 0.6) is 11.5 Å². The van der Waals surface area contributed by atoms with E-state index >= 15 is 0 Å². The Hall–Kier alpha value is -2.69. The second-order valence-corrected chi connectivity index (χ2v) is 4.89. The highest BCUT2D eigenvalue weighted by Crippen LogP contribution is 2.31. The van der Waals surface area contributed by atoms with Crippen molar-refractivity contribution < 1.29 is 14.6 Å². The monoisotopic (exact) mass is 369 g/mol. The Morgan fingerprint density at radius 1 is 1.64 bits per heavy atom. The van der Waals surface area contributed by atoms with Gasteiger partial charge in [0.15, 0.2) is 11.5 Å². The number of carbonyl (C=O) groups excluding carboxylic acids is 1. The van der Waals surface area contributed by atoms with E-state index in [1.165, 1.54) is 19.4 Å². The number of halogens is 1. The number of nitrogens with two attached hydrogens (primary N) is 1. The molecular weight excluding hydrogens is 358 g/mol. The number of hydrogen-bond acceptors (Lipinski definition) is 8. The number of nitrogens with one attached hydrogen (secondary N) is 1. The van der Waals surface area contributed by atoms with Gasteiger partial charge in [-0.25, -0.2) is 10.1 Å². The first-order valence-corrected chi connectivity index (χ1v) is 6.70. The summed E-state index contributed by atoms with van der Waals surface area (Å²) in [5, 5.41) is 23.7. The van der Waals surface area contributed by atoms with Gasteiger partial charge in [-0.15, -0.1) is 0 Å². The van der Waals surface area contributed by atoms with Crippen molar-refractivity contribution in [3.05, 3.63) is 22.2 Å². The van der Waals surface area contributed by atoms with Gasteiger partial charge < -0.3 is 15.6 Å². The Labute approximate surface area is 133 Å². The van der Waals surface area contributed by atoms with Crippen molar-refractivity contribution in [1.29, 1.82) is 0 Å². The van der Waals surface area contributed by atoms with Crippen LogP contribution in [0.2, 0.25) is 0 Å². The highest BCUT2D eigenvalue weighted by atomic mass is 79.9. The van der Waals surface area contributed by atoms with Gasteiger partial charge in [0.25, 0.3) is 5.91 Å². The molecule has 2 rings (SSSR count). The standard InChI is InChI=1S/C11H12BrN7O3/c1-22-9-2-6(7(12)3-8(9)20)4-14-15-10(21)5-19-11(13)16-17-18-19/h2-4,20H,5H2,1H3,(H,15,21)(H2,13,16,18)/b14-4+. The van der Waals surface area contributed by atoms with Gasteiger partial charge in [0.2, 0.25) is 5.95 Å². The van der Waals surface area contributed by atoms with Gasteiger partial charge in [-0.3, -0.25) is 4.79 Å². The Morgan fingerprint density at radius 3 is 3.05 bits per heavy atom. The van der Waals surface area contributed by atoms with E-state index in [4.69, 9.17) is 10.5 Å². The summed E-state index contributed by atoms with van der Waals surface area (Å²) in [6.07, 6.45) is 1.40. The molecule has 0 fully saturated rings. The Balaban J connectivity index is 2.00. The van der Waals surface area contributed by atoms with Crippen molar-refractivity contribution in [1.82, 2.24) is 25.6 Å². The summed E-state index contributed by atoms with van der Waals surface area (Å²) in [6.45, 7) is -0.157. The molecule has 0 radical (unpaired) electrons. The quantitative estimate of drug-likeness (QED) is 0.492. The minimum absolute atomic E-state index is 0.00952. The van der Waals surface area contributed by atoms with Crippen LogP contribution in [0, 0.1) is 0 Å². The number of hydrogen-bond donors (Lipinski definition) is 3. The number of methoxy groups -OCH3 is 1. The number of amides is 1. The summed E-state index contributed by atoms with van der Waals surface area (Å²) in [6, 6.07) is 3.03. The second-order valence-electron chi connectivity index (χ2n) is 4.03. The molecule has 0 spiro atoms. The third-order valence-corrected chi connectivity index (χ3v) is 3.23. The molecule has 22 heavy (non-hydrogen) atoms. The number of nitrogen functional groups attached to an aromatic ring is 1. The number of hydrazone groups is 1. The number of aromatic nitrogens is 4. The Kier molecular flexibility index (Phi) is 4.88. The average Bonchev–Trinajstić information content (AvgIpc) is 2.86.